The zero-order chi connectivity index (χ0) is 15.8. The molecule has 0 saturated heterocycles. The second-order valence-corrected chi connectivity index (χ2v) is 6.03. The molecule has 2 nitrogen and oxygen atoms in total. The number of benzene rings is 3. The van der Waals surface area contributed by atoms with Crippen molar-refractivity contribution in [3.8, 4) is 11.4 Å². The highest BCUT2D eigenvalue weighted by Gasteiger charge is 2.11. The predicted octanol–water partition coefficient (Wildman–Crippen LogP) is 5.57. The summed E-state index contributed by atoms with van der Waals surface area (Å²) in [5.41, 5.74) is 3.61. The summed E-state index contributed by atoms with van der Waals surface area (Å²) >= 11 is 0. The first-order chi connectivity index (χ1) is 11.2. The molecule has 0 bridgehead atoms. The number of para-hydroxylation sites is 2. The van der Waals surface area contributed by atoms with E-state index in [9.17, 15) is 0 Å². The van der Waals surface area contributed by atoms with E-state index in [1.54, 1.807) is 0 Å². The molecule has 4 aromatic rings. The van der Waals surface area contributed by atoms with Crippen molar-refractivity contribution in [2.45, 2.75) is 20.0 Å². The second kappa shape index (κ2) is 5.47. The first-order valence-electron chi connectivity index (χ1n) is 7.99. The highest BCUT2D eigenvalue weighted by atomic mass is 16.5. The molecule has 0 saturated carbocycles. The van der Waals surface area contributed by atoms with Gasteiger partial charge in [0.15, 0.2) is 0 Å². The van der Waals surface area contributed by atoms with Gasteiger partial charge in [-0.1, -0.05) is 36.4 Å². The van der Waals surface area contributed by atoms with E-state index in [0.29, 0.717) is 0 Å². The zero-order valence-corrected chi connectivity index (χ0v) is 13.4. The van der Waals surface area contributed by atoms with Gasteiger partial charge in [-0.15, -0.1) is 0 Å². The van der Waals surface area contributed by atoms with Crippen LogP contribution >= 0.6 is 0 Å². The van der Waals surface area contributed by atoms with Crippen LogP contribution in [0.2, 0.25) is 0 Å². The fraction of sp³-hybridized carbons (Fsp3) is 0.143. The lowest BCUT2D eigenvalue weighted by molar-refractivity contribution is 0.242. The van der Waals surface area contributed by atoms with E-state index < -0.39 is 0 Å². The Bertz CT molecular complexity index is 911. The summed E-state index contributed by atoms with van der Waals surface area (Å²) in [5, 5.41) is 2.57. The Morgan fingerprint density at radius 3 is 1.74 bits per heavy atom. The van der Waals surface area contributed by atoms with Crippen molar-refractivity contribution in [2.24, 2.45) is 0 Å². The summed E-state index contributed by atoms with van der Waals surface area (Å²) < 4.78 is 8.06. The third-order valence-corrected chi connectivity index (χ3v) is 4.05. The Kier molecular flexibility index (Phi) is 3.30. The van der Waals surface area contributed by atoms with Crippen molar-refractivity contribution in [3.63, 3.8) is 0 Å². The normalized spacial score (nSPS) is 11.4. The maximum atomic E-state index is 5.75. The maximum absolute atomic E-state index is 5.75. The number of aromatic nitrogens is 1. The second-order valence-electron chi connectivity index (χ2n) is 6.03. The Hall–Kier alpha value is -2.74. The van der Waals surface area contributed by atoms with E-state index in [2.05, 4.69) is 65.2 Å². The minimum absolute atomic E-state index is 0.189. The van der Waals surface area contributed by atoms with E-state index >= 15 is 0 Å². The van der Waals surface area contributed by atoms with Crippen LogP contribution in [-0.2, 0) is 0 Å². The molecule has 0 amide bonds. The van der Waals surface area contributed by atoms with E-state index in [0.717, 1.165) is 11.4 Å². The molecular weight excluding hydrogens is 282 g/mol. The van der Waals surface area contributed by atoms with Crippen molar-refractivity contribution in [2.75, 3.05) is 0 Å². The maximum Gasteiger partial charge on any atom is 0.119 e. The van der Waals surface area contributed by atoms with E-state index in [4.69, 9.17) is 4.74 Å². The fourth-order valence-corrected chi connectivity index (χ4v) is 3.15. The average Bonchev–Trinajstić information content (AvgIpc) is 2.90. The number of hydrogen-bond donors (Lipinski definition) is 0. The first kappa shape index (κ1) is 13.9. The quantitative estimate of drug-likeness (QED) is 0.482. The SMILES string of the molecule is CC(C)Oc1ccc(-n2c3ccccc3c3ccccc32)cc1. The van der Waals surface area contributed by atoms with Gasteiger partial charge in [0.25, 0.3) is 0 Å². The van der Waals surface area contributed by atoms with E-state index in [1.807, 2.05) is 26.0 Å². The number of nitrogens with zero attached hydrogens (tertiary/aromatic N) is 1. The van der Waals surface area contributed by atoms with Gasteiger partial charge < -0.3 is 9.30 Å². The Balaban J connectivity index is 1.93. The minimum atomic E-state index is 0.189. The standard InChI is InChI=1S/C21H19NO/c1-15(2)23-17-13-11-16(12-14-17)22-20-9-5-3-7-18(20)19-8-4-6-10-21(19)22/h3-15H,1-2H3. The number of hydrogen-bond acceptors (Lipinski definition) is 1. The third-order valence-electron chi connectivity index (χ3n) is 4.05. The highest BCUT2D eigenvalue weighted by Crippen LogP contribution is 2.32. The van der Waals surface area contributed by atoms with Crippen molar-refractivity contribution in [1.82, 2.24) is 4.57 Å². The smallest absolute Gasteiger partial charge is 0.119 e. The zero-order valence-electron chi connectivity index (χ0n) is 13.4. The van der Waals surface area contributed by atoms with Gasteiger partial charge in [0.2, 0.25) is 0 Å². The number of ether oxygens (including phenoxy) is 1. The molecule has 23 heavy (non-hydrogen) atoms. The molecule has 2 heteroatoms. The lowest BCUT2D eigenvalue weighted by Crippen LogP contribution is -2.05. The molecular formula is C21H19NO. The molecule has 0 aliphatic carbocycles. The topological polar surface area (TPSA) is 14.2 Å². The number of rotatable bonds is 3. The Labute approximate surface area is 135 Å². The van der Waals surface area contributed by atoms with Crippen molar-refractivity contribution in [1.29, 1.82) is 0 Å². The average molecular weight is 301 g/mol. The van der Waals surface area contributed by atoms with Crippen LogP contribution in [-0.4, -0.2) is 10.7 Å². The summed E-state index contributed by atoms with van der Waals surface area (Å²) in [7, 11) is 0. The van der Waals surface area contributed by atoms with Gasteiger partial charge in [-0.2, -0.15) is 0 Å². The van der Waals surface area contributed by atoms with Gasteiger partial charge in [-0.25, -0.2) is 0 Å². The molecule has 0 atom stereocenters. The number of fused-ring (bicyclic) bond motifs is 3. The summed E-state index contributed by atoms with van der Waals surface area (Å²) in [5.74, 6) is 0.907. The van der Waals surface area contributed by atoms with Gasteiger partial charge in [-0.3, -0.25) is 0 Å². The van der Waals surface area contributed by atoms with Gasteiger partial charge in [0.1, 0.15) is 5.75 Å². The van der Waals surface area contributed by atoms with Crippen molar-refractivity contribution in [3.05, 3.63) is 72.8 Å². The van der Waals surface area contributed by atoms with Crippen LogP contribution in [0.5, 0.6) is 5.75 Å². The summed E-state index contributed by atoms with van der Waals surface area (Å²) in [4.78, 5) is 0. The van der Waals surface area contributed by atoms with Gasteiger partial charge in [-0.05, 0) is 50.2 Å². The molecule has 0 aliphatic heterocycles. The van der Waals surface area contributed by atoms with Crippen LogP contribution in [0.4, 0.5) is 0 Å². The molecule has 1 heterocycles. The van der Waals surface area contributed by atoms with Crippen LogP contribution in [0.25, 0.3) is 27.5 Å². The van der Waals surface area contributed by atoms with Crippen LogP contribution in [0.1, 0.15) is 13.8 Å². The van der Waals surface area contributed by atoms with Gasteiger partial charge in [0.05, 0.1) is 17.1 Å². The molecule has 0 N–H and O–H groups in total. The van der Waals surface area contributed by atoms with Crippen molar-refractivity contribution < 1.29 is 4.74 Å². The third kappa shape index (κ3) is 2.36. The van der Waals surface area contributed by atoms with Crippen LogP contribution in [0.15, 0.2) is 72.8 Å². The van der Waals surface area contributed by atoms with Gasteiger partial charge >= 0.3 is 0 Å². The van der Waals surface area contributed by atoms with Crippen LogP contribution in [0, 0.1) is 0 Å². The predicted molar refractivity (Wildman–Crippen MR) is 96.5 cm³/mol. The summed E-state index contributed by atoms with van der Waals surface area (Å²) in [6, 6.07) is 25.4. The molecule has 0 aliphatic rings. The Morgan fingerprint density at radius 2 is 1.22 bits per heavy atom. The molecule has 0 fully saturated rings. The van der Waals surface area contributed by atoms with E-state index in [-0.39, 0.29) is 6.10 Å². The molecule has 1 aromatic heterocycles. The van der Waals surface area contributed by atoms with Crippen LogP contribution < -0.4 is 4.74 Å². The highest BCUT2D eigenvalue weighted by molar-refractivity contribution is 6.09. The van der Waals surface area contributed by atoms with Crippen LogP contribution in [0.3, 0.4) is 0 Å². The lowest BCUT2D eigenvalue weighted by atomic mass is 10.2. The monoisotopic (exact) mass is 301 g/mol. The minimum Gasteiger partial charge on any atom is -0.491 e. The van der Waals surface area contributed by atoms with Gasteiger partial charge in [0, 0.05) is 16.5 Å². The summed E-state index contributed by atoms with van der Waals surface area (Å²) in [6.45, 7) is 4.09. The Morgan fingerprint density at radius 1 is 0.696 bits per heavy atom. The molecule has 0 radical (unpaired) electrons. The summed E-state index contributed by atoms with van der Waals surface area (Å²) in [6.07, 6.45) is 0.189. The largest absolute Gasteiger partial charge is 0.491 e. The van der Waals surface area contributed by atoms with Crippen molar-refractivity contribution >= 4 is 21.8 Å². The lowest BCUT2D eigenvalue weighted by Gasteiger charge is -2.12. The molecule has 0 unspecified atom stereocenters. The molecule has 3 aromatic carbocycles. The molecule has 0 spiro atoms. The first-order valence-corrected chi connectivity index (χ1v) is 7.99. The molecule has 114 valence electrons. The van der Waals surface area contributed by atoms with E-state index in [1.165, 1.54) is 21.8 Å². The fourth-order valence-electron chi connectivity index (χ4n) is 3.15. The molecule has 4 rings (SSSR count).